The number of rotatable bonds is 4. The lowest BCUT2D eigenvalue weighted by molar-refractivity contribution is 0.620. The summed E-state index contributed by atoms with van der Waals surface area (Å²) < 4.78 is 0. The van der Waals surface area contributed by atoms with E-state index < -0.39 is 0 Å². The summed E-state index contributed by atoms with van der Waals surface area (Å²) >= 11 is 9.74. The molecule has 1 saturated carbocycles. The first-order valence-corrected chi connectivity index (χ1v) is 7.87. The molecule has 0 aliphatic heterocycles. The molecule has 0 aromatic heterocycles. The van der Waals surface area contributed by atoms with Crippen LogP contribution in [0.25, 0.3) is 0 Å². The van der Waals surface area contributed by atoms with Crippen LogP contribution >= 0.6 is 27.5 Å². The molecule has 17 heavy (non-hydrogen) atoms. The number of benzene rings is 1. The Morgan fingerprint density at radius 1 is 1.35 bits per heavy atom. The molecule has 0 atom stereocenters. The maximum Gasteiger partial charge on any atom is 0.0467 e. The van der Waals surface area contributed by atoms with Crippen LogP contribution in [-0.4, -0.2) is 12.6 Å². The highest BCUT2D eigenvalue weighted by Crippen LogP contribution is 2.31. The molecule has 94 valence electrons. The molecule has 1 nitrogen and oxygen atoms in total. The molecule has 1 aliphatic carbocycles. The lowest BCUT2D eigenvalue weighted by Gasteiger charge is -2.30. The lowest BCUT2D eigenvalue weighted by atomic mass is 10.1. The molecule has 0 N–H and O–H groups in total. The largest absolute Gasteiger partial charge is 0.369 e. The van der Waals surface area contributed by atoms with Gasteiger partial charge in [-0.15, -0.1) is 0 Å². The molecule has 0 heterocycles. The first-order chi connectivity index (χ1) is 8.26. The maximum absolute atomic E-state index is 6.28. The van der Waals surface area contributed by atoms with E-state index in [0.717, 1.165) is 22.5 Å². The minimum Gasteiger partial charge on any atom is -0.369 e. The van der Waals surface area contributed by atoms with E-state index in [4.69, 9.17) is 11.6 Å². The molecule has 1 fully saturated rings. The van der Waals surface area contributed by atoms with E-state index in [1.807, 2.05) is 0 Å². The SMILES string of the molecule is CCN(c1ccc(CBr)c(Cl)c1)C1CCCC1. The van der Waals surface area contributed by atoms with Gasteiger partial charge >= 0.3 is 0 Å². The highest BCUT2D eigenvalue weighted by Gasteiger charge is 2.21. The normalized spacial score (nSPS) is 16.4. The zero-order valence-electron chi connectivity index (χ0n) is 10.3. The van der Waals surface area contributed by atoms with Crippen LogP contribution < -0.4 is 4.90 Å². The second-order valence-electron chi connectivity index (χ2n) is 4.63. The van der Waals surface area contributed by atoms with E-state index in [1.54, 1.807) is 0 Å². The topological polar surface area (TPSA) is 3.24 Å². The fraction of sp³-hybridized carbons (Fsp3) is 0.571. The third-order valence-corrected chi connectivity index (χ3v) is 4.57. The van der Waals surface area contributed by atoms with Gasteiger partial charge in [0.05, 0.1) is 0 Å². The zero-order chi connectivity index (χ0) is 12.3. The molecule has 1 aliphatic rings. The van der Waals surface area contributed by atoms with Gasteiger partial charge in [0, 0.05) is 28.6 Å². The summed E-state index contributed by atoms with van der Waals surface area (Å²) in [7, 11) is 0. The highest BCUT2D eigenvalue weighted by atomic mass is 79.9. The summed E-state index contributed by atoms with van der Waals surface area (Å²) in [5.74, 6) is 0. The smallest absolute Gasteiger partial charge is 0.0467 e. The minimum atomic E-state index is 0.714. The van der Waals surface area contributed by atoms with Gasteiger partial charge in [-0.1, -0.05) is 46.4 Å². The van der Waals surface area contributed by atoms with Gasteiger partial charge in [0.15, 0.2) is 0 Å². The van der Waals surface area contributed by atoms with Crippen LogP contribution in [0.3, 0.4) is 0 Å². The Labute approximate surface area is 117 Å². The average molecular weight is 317 g/mol. The number of hydrogen-bond acceptors (Lipinski definition) is 1. The van der Waals surface area contributed by atoms with E-state index in [2.05, 4.69) is 46.0 Å². The third kappa shape index (κ3) is 2.97. The Bertz CT molecular complexity index is 374. The number of anilines is 1. The summed E-state index contributed by atoms with van der Waals surface area (Å²) in [6, 6.07) is 7.15. The van der Waals surface area contributed by atoms with Crippen LogP contribution in [0.2, 0.25) is 5.02 Å². The summed E-state index contributed by atoms with van der Waals surface area (Å²) in [5, 5.41) is 1.69. The van der Waals surface area contributed by atoms with Crippen LogP contribution in [0.5, 0.6) is 0 Å². The zero-order valence-corrected chi connectivity index (χ0v) is 12.6. The van der Waals surface area contributed by atoms with Gasteiger partial charge in [0.2, 0.25) is 0 Å². The predicted molar refractivity (Wildman–Crippen MR) is 79.4 cm³/mol. The van der Waals surface area contributed by atoms with Crippen LogP contribution in [0.15, 0.2) is 18.2 Å². The van der Waals surface area contributed by atoms with Gasteiger partial charge < -0.3 is 4.90 Å². The molecule has 0 unspecified atom stereocenters. The molecule has 1 aromatic carbocycles. The van der Waals surface area contributed by atoms with Gasteiger partial charge in [-0.25, -0.2) is 0 Å². The Kier molecular flexibility index (Phi) is 4.75. The molecular formula is C14H19BrClN. The molecule has 0 amide bonds. The molecule has 2 rings (SSSR count). The van der Waals surface area contributed by atoms with Crippen molar-refractivity contribution in [3.63, 3.8) is 0 Å². The van der Waals surface area contributed by atoms with E-state index in [0.29, 0.717) is 6.04 Å². The first-order valence-electron chi connectivity index (χ1n) is 6.37. The van der Waals surface area contributed by atoms with Crippen LogP contribution in [0.4, 0.5) is 5.69 Å². The van der Waals surface area contributed by atoms with Crippen molar-refractivity contribution in [3.8, 4) is 0 Å². The summed E-state index contributed by atoms with van der Waals surface area (Å²) in [6.45, 7) is 3.29. The molecule has 1 aromatic rings. The summed E-state index contributed by atoms with van der Waals surface area (Å²) in [5.41, 5.74) is 2.44. The molecule has 0 bridgehead atoms. The van der Waals surface area contributed by atoms with Gasteiger partial charge in [0.25, 0.3) is 0 Å². The van der Waals surface area contributed by atoms with Crippen molar-refractivity contribution in [3.05, 3.63) is 28.8 Å². The highest BCUT2D eigenvalue weighted by molar-refractivity contribution is 9.08. The molecule has 3 heteroatoms. The predicted octanol–water partition coefficient (Wildman–Crippen LogP) is 5.00. The number of halogens is 2. The summed E-state index contributed by atoms with van der Waals surface area (Å²) in [4.78, 5) is 2.50. The van der Waals surface area contributed by atoms with Crippen LogP contribution in [-0.2, 0) is 5.33 Å². The van der Waals surface area contributed by atoms with E-state index in [-0.39, 0.29) is 0 Å². The Hall–Kier alpha value is -0.210. The van der Waals surface area contributed by atoms with Crippen molar-refractivity contribution in [1.82, 2.24) is 0 Å². The number of hydrogen-bond donors (Lipinski definition) is 0. The lowest BCUT2D eigenvalue weighted by Crippen LogP contribution is -2.32. The average Bonchev–Trinajstić information content (AvgIpc) is 2.84. The Morgan fingerprint density at radius 2 is 2.06 bits per heavy atom. The monoisotopic (exact) mass is 315 g/mol. The molecule has 0 radical (unpaired) electrons. The van der Waals surface area contributed by atoms with Gasteiger partial charge in [-0.2, -0.15) is 0 Å². The van der Waals surface area contributed by atoms with E-state index in [1.165, 1.54) is 31.4 Å². The first kappa shape index (κ1) is 13.2. The van der Waals surface area contributed by atoms with Crippen molar-refractivity contribution >= 4 is 33.2 Å². The second kappa shape index (κ2) is 6.10. The number of nitrogens with zero attached hydrogens (tertiary/aromatic N) is 1. The maximum atomic E-state index is 6.28. The van der Waals surface area contributed by atoms with E-state index in [9.17, 15) is 0 Å². The van der Waals surface area contributed by atoms with Crippen molar-refractivity contribution in [2.75, 3.05) is 11.4 Å². The van der Waals surface area contributed by atoms with Gasteiger partial charge in [-0.3, -0.25) is 0 Å². The van der Waals surface area contributed by atoms with Crippen molar-refractivity contribution in [2.24, 2.45) is 0 Å². The molecular weight excluding hydrogens is 298 g/mol. The summed E-state index contributed by atoms with van der Waals surface area (Å²) in [6.07, 6.45) is 5.39. The van der Waals surface area contributed by atoms with Crippen LogP contribution in [0, 0.1) is 0 Å². The van der Waals surface area contributed by atoms with Crippen molar-refractivity contribution in [2.45, 2.75) is 44.0 Å². The fourth-order valence-corrected chi connectivity index (χ4v) is 3.58. The van der Waals surface area contributed by atoms with Crippen LogP contribution in [0.1, 0.15) is 38.2 Å². The van der Waals surface area contributed by atoms with Gasteiger partial charge in [0.1, 0.15) is 0 Å². The Balaban J connectivity index is 2.21. The third-order valence-electron chi connectivity index (χ3n) is 3.62. The fourth-order valence-electron chi connectivity index (χ4n) is 2.69. The van der Waals surface area contributed by atoms with E-state index >= 15 is 0 Å². The van der Waals surface area contributed by atoms with Crippen molar-refractivity contribution in [1.29, 1.82) is 0 Å². The Morgan fingerprint density at radius 3 is 2.59 bits per heavy atom. The quantitative estimate of drug-likeness (QED) is 0.706. The standard InChI is InChI=1S/C14H19BrClN/c1-2-17(12-5-3-4-6-12)13-8-7-11(10-15)14(16)9-13/h7-9,12H,2-6,10H2,1H3. The molecule has 0 spiro atoms. The van der Waals surface area contributed by atoms with Crippen molar-refractivity contribution < 1.29 is 0 Å². The van der Waals surface area contributed by atoms with Gasteiger partial charge in [-0.05, 0) is 37.5 Å². The second-order valence-corrected chi connectivity index (χ2v) is 5.60. The minimum absolute atomic E-state index is 0.714. The number of alkyl halides is 1. The molecule has 0 saturated heterocycles.